The third-order valence-electron chi connectivity index (χ3n) is 7.14. The molecule has 0 unspecified atom stereocenters. The summed E-state index contributed by atoms with van der Waals surface area (Å²) < 4.78 is 11.0. The van der Waals surface area contributed by atoms with Crippen molar-refractivity contribution in [2.75, 3.05) is 13.7 Å². The average Bonchev–Trinajstić information content (AvgIpc) is 2.93. The van der Waals surface area contributed by atoms with Gasteiger partial charge in [0.15, 0.2) is 5.78 Å². The van der Waals surface area contributed by atoms with Crippen molar-refractivity contribution in [3.05, 3.63) is 118 Å². The second kappa shape index (κ2) is 10.8. The van der Waals surface area contributed by atoms with E-state index in [9.17, 15) is 9.59 Å². The molecule has 2 aromatic carbocycles. The minimum atomic E-state index is -0.493. The van der Waals surface area contributed by atoms with Gasteiger partial charge in [-0.3, -0.25) is 9.78 Å². The van der Waals surface area contributed by atoms with Crippen LogP contribution in [-0.2, 0) is 20.7 Å². The van der Waals surface area contributed by atoms with Gasteiger partial charge in [0.2, 0.25) is 0 Å². The zero-order chi connectivity index (χ0) is 25.8. The molecule has 2 atom stereocenters. The van der Waals surface area contributed by atoms with Crippen molar-refractivity contribution in [2.24, 2.45) is 0 Å². The van der Waals surface area contributed by atoms with Gasteiger partial charge in [0.25, 0.3) is 0 Å². The van der Waals surface area contributed by atoms with E-state index in [1.54, 1.807) is 19.5 Å². The van der Waals surface area contributed by atoms with Crippen LogP contribution in [0.5, 0.6) is 5.75 Å². The number of aromatic nitrogens is 1. The molecule has 37 heavy (non-hydrogen) atoms. The first-order chi connectivity index (χ1) is 18.0. The van der Waals surface area contributed by atoms with E-state index in [0.717, 1.165) is 28.1 Å². The van der Waals surface area contributed by atoms with E-state index in [1.807, 2.05) is 73.7 Å². The number of esters is 1. The molecule has 1 aliphatic heterocycles. The third-order valence-corrected chi connectivity index (χ3v) is 7.14. The highest BCUT2D eigenvalue weighted by atomic mass is 16.5. The highest BCUT2D eigenvalue weighted by molar-refractivity contribution is 6.04. The molecule has 0 saturated carbocycles. The highest BCUT2D eigenvalue weighted by Crippen LogP contribution is 2.45. The molecule has 2 aliphatic rings. The maximum atomic E-state index is 13.7. The molecule has 0 saturated heterocycles. The number of hydrogen-bond acceptors (Lipinski definition) is 6. The first-order valence-electron chi connectivity index (χ1n) is 12.5. The lowest BCUT2D eigenvalue weighted by atomic mass is 9.72. The predicted octanol–water partition coefficient (Wildman–Crippen LogP) is 5.24. The molecule has 1 N–H and O–H groups in total. The van der Waals surface area contributed by atoms with Gasteiger partial charge < -0.3 is 14.8 Å². The molecule has 0 spiro atoms. The zero-order valence-corrected chi connectivity index (χ0v) is 21.1. The van der Waals surface area contributed by atoms with Crippen LogP contribution >= 0.6 is 0 Å². The number of allylic oxidation sites excluding steroid dienone is 3. The number of hydrogen-bond donors (Lipinski definition) is 1. The SMILES string of the molecule is COc1ccc([C@H]2CC(=O)C3=C(C2)NC(C)=C(C(=O)OCCc2ccccc2)[C@H]3c2ccncc2)cc1. The van der Waals surface area contributed by atoms with Gasteiger partial charge in [0.1, 0.15) is 5.75 Å². The molecule has 6 nitrogen and oxygen atoms in total. The summed E-state index contributed by atoms with van der Waals surface area (Å²) in [4.78, 5) is 31.3. The van der Waals surface area contributed by atoms with Crippen LogP contribution < -0.4 is 10.1 Å². The largest absolute Gasteiger partial charge is 0.497 e. The standard InChI is InChI=1S/C31H30N2O4/c1-20-28(31(35)37-17-14-21-6-4-3-5-7-21)29(23-12-15-32-16-13-23)30-26(33-20)18-24(19-27(30)34)22-8-10-25(36-2)11-9-22/h3-13,15-16,24,29,33H,14,17-19H2,1-2H3/t24-,29-/m1/s1. The monoisotopic (exact) mass is 494 g/mol. The van der Waals surface area contributed by atoms with Crippen molar-refractivity contribution in [3.63, 3.8) is 0 Å². The second-order valence-electron chi connectivity index (χ2n) is 9.44. The fourth-order valence-corrected chi connectivity index (χ4v) is 5.29. The van der Waals surface area contributed by atoms with Crippen molar-refractivity contribution in [1.29, 1.82) is 0 Å². The lowest BCUT2D eigenvalue weighted by Gasteiger charge is -2.36. The summed E-state index contributed by atoms with van der Waals surface area (Å²) in [6, 6.07) is 21.5. The molecule has 0 bridgehead atoms. The number of nitrogens with zero attached hydrogens (tertiary/aromatic N) is 1. The van der Waals surface area contributed by atoms with E-state index in [0.29, 0.717) is 36.1 Å². The lowest BCUT2D eigenvalue weighted by Crippen LogP contribution is -2.36. The van der Waals surface area contributed by atoms with Crippen LogP contribution in [0.3, 0.4) is 0 Å². The Morgan fingerprint density at radius 3 is 2.41 bits per heavy atom. The van der Waals surface area contributed by atoms with E-state index in [4.69, 9.17) is 9.47 Å². The summed E-state index contributed by atoms with van der Waals surface area (Å²) in [7, 11) is 1.64. The van der Waals surface area contributed by atoms with Gasteiger partial charge in [0, 0.05) is 48.1 Å². The van der Waals surface area contributed by atoms with Crippen LogP contribution in [0.4, 0.5) is 0 Å². The molecular weight excluding hydrogens is 464 g/mol. The predicted molar refractivity (Wildman–Crippen MR) is 141 cm³/mol. The summed E-state index contributed by atoms with van der Waals surface area (Å²) in [6.45, 7) is 2.15. The molecule has 0 radical (unpaired) electrons. The normalized spacial score (nSPS) is 19.2. The Kier molecular flexibility index (Phi) is 7.17. The molecule has 188 valence electrons. The Hall–Kier alpha value is -4.19. The number of rotatable bonds is 7. The Morgan fingerprint density at radius 1 is 0.973 bits per heavy atom. The van der Waals surface area contributed by atoms with E-state index in [-0.39, 0.29) is 18.3 Å². The van der Waals surface area contributed by atoms with Crippen molar-refractivity contribution >= 4 is 11.8 Å². The van der Waals surface area contributed by atoms with E-state index >= 15 is 0 Å². The van der Waals surface area contributed by atoms with E-state index < -0.39 is 11.9 Å². The van der Waals surface area contributed by atoms with Crippen molar-refractivity contribution < 1.29 is 19.1 Å². The molecule has 0 amide bonds. The van der Waals surface area contributed by atoms with Crippen LogP contribution in [0.2, 0.25) is 0 Å². The van der Waals surface area contributed by atoms with Crippen LogP contribution in [0.1, 0.15) is 48.3 Å². The van der Waals surface area contributed by atoms with Gasteiger partial charge in [-0.25, -0.2) is 4.79 Å². The molecule has 1 aliphatic carbocycles. The van der Waals surface area contributed by atoms with Gasteiger partial charge in [-0.05, 0) is 60.2 Å². The van der Waals surface area contributed by atoms with Gasteiger partial charge in [-0.2, -0.15) is 0 Å². The summed E-state index contributed by atoms with van der Waals surface area (Å²) >= 11 is 0. The number of nitrogens with one attached hydrogen (secondary N) is 1. The number of methoxy groups -OCH3 is 1. The van der Waals surface area contributed by atoms with Crippen molar-refractivity contribution in [2.45, 2.75) is 38.0 Å². The maximum absolute atomic E-state index is 13.7. The summed E-state index contributed by atoms with van der Waals surface area (Å²) in [5.74, 6) is -0.0194. The van der Waals surface area contributed by atoms with E-state index in [2.05, 4.69) is 10.3 Å². The van der Waals surface area contributed by atoms with Gasteiger partial charge in [-0.15, -0.1) is 0 Å². The number of ether oxygens (including phenoxy) is 2. The summed E-state index contributed by atoms with van der Waals surface area (Å²) in [5.41, 5.74) is 5.77. The number of carbonyl (C=O) groups excluding carboxylic acids is 2. The van der Waals surface area contributed by atoms with Crippen LogP contribution in [-0.4, -0.2) is 30.5 Å². The number of benzene rings is 2. The Labute approximate surface area is 217 Å². The topological polar surface area (TPSA) is 77.5 Å². The number of ketones is 1. The van der Waals surface area contributed by atoms with Crippen LogP contribution in [0, 0.1) is 0 Å². The number of carbonyl (C=O) groups is 2. The van der Waals surface area contributed by atoms with Crippen LogP contribution in [0.25, 0.3) is 0 Å². The number of pyridine rings is 1. The molecule has 1 aromatic heterocycles. The first kappa shape index (κ1) is 24.5. The molecular formula is C31H30N2O4. The average molecular weight is 495 g/mol. The zero-order valence-electron chi connectivity index (χ0n) is 21.1. The third kappa shape index (κ3) is 5.19. The summed E-state index contributed by atoms with van der Waals surface area (Å²) in [6.07, 6.45) is 5.08. The number of dihydropyridines is 1. The Balaban J connectivity index is 1.43. The Bertz CT molecular complexity index is 1340. The second-order valence-corrected chi connectivity index (χ2v) is 9.44. The molecule has 6 heteroatoms. The van der Waals surface area contributed by atoms with Gasteiger partial charge in [-0.1, -0.05) is 42.5 Å². The molecule has 3 aromatic rings. The molecule has 5 rings (SSSR count). The van der Waals surface area contributed by atoms with Gasteiger partial charge in [0.05, 0.1) is 19.3 Å². The summed E-state index contributed by atoms with van der Waals surface area (Å²) in [5, 5.41) is 3.41. The highest BCUT2D eigenvalue weighted by Gasteiger charge is 2.41. The smallest absolute Gasteiger partial charge is 0.336 e. The maximum Gasteiger partial charge on any atom is 0.336 e. The quantitative estimate of drug-likeness (QED) is 0.453. The minimum absolute atomic E-state index is 0.0402. The fraction of sp³-hybridized carbons (Fsp3) is 0.258. The van der Waals surface area contributed by atoms with Crippen molar-refractivity contribution in [3.8, 4) is 5.75 Å². The van der Waals surface area contributed by atoms with Crippen molar-refractivity contribution in [1.82, 2.24) is 10.3 Å². The van der Waals surface area contributed by atoms with Crippen LogP contribution in [0.15, 0.2) is 102 Å². The Morgan fingerprint density at radius 2 is 1.70 bits per heavy atom. The van der Waals surface area contributed by atoms with E-state index in [1.165, 1.54) is 0 Å². The first-order valence-corrected chi connectivity index (χ1v) is 12.5. The molecule has 2 heterocycles. The molecule has 0 fully saturated rings. The minimum Gasteiger partial charge on any atom is -0.497 e. The number of Topliss-reactive ketones (excluding diaryl/α,β-unsaturated/α-hetero) is 1. The fourth-order valence-electron chi connectivity index (χ4n) is 5.29. The lowest BCUT2D eigenvalue weighted by molar-refractivity contribution is -0.139. The van der Waals surface area contributed by atoms with Gasteiger partial charge >= 0.3 is 5.97 Å².